The molecule has 0 saturated carbocycles. The summed E-state index contributed by atoms with van der Waals surface area (Å²) in [4.78, 5) is 123. The van der Waals surface area contributed by atoms with Crippen LogP contribution in [0, 0.1) is 0 Å². The molecule has 0 saturated heterocycles. The minimum absolute atomic E-state index is 0.0312. The monoisotopic (exact) mass is 1040 g/mol. The van der Waals surface area contributed by atoms with Crippen molar-refractivity contribution < 1.29 is 48.3 Å². The van der Waals surface area contributed by atoms with E-state index < -0.39 is 113 Å². The summed E-state index contributed by atoms with van der Waals surface area (Å²) < 4.78 is -0.766. The van der Waals surface area contributed by atoms with Gasteiger partial charge in [-0.25, -0.2) is 0 Å². The second-order valence-electron chi connectivity index (χ2n) is 18.2. The summed E-state index contributed by atoms with van der Waals surface area (Å²) >= 11 is 6.73. The summed E-state index contributed by atoms with van der Waals surface area (Å²) in [6.07, 6.45) is 0.758. The van der Waals surface area contributed by atoms with Crippen molar-refractivity contribution in [1.29, 1.82) is 0 Å². The van der Waals surface area contributed by atoms with Crippen molar-refractivity contribution >= 4 is 95.3 Å². The third-order valence-corrected chi connectivity index (χ3v) is 12.8. The average Bonchev–Trinajstić information content (AvgIpc) is 3.26. The second kappa shape index (κ2) is 31.8. The molecule has 0 bridgehead atoms. The van der Waals surface area contributed by atoms with Crippen LogP contribution in [-0.2, 0) is 49.6 Å². The van der Waals surface area contributed by atoms with Gasteiger partial charge in [0.15, 0.2) is 5.96 Å². The fourth-order valence-electron chi connectivity index (χ4n) is 6.00. The molecule has 0 radical (unpaired) electrons. The van der Waals surface area contributed by atoms with Crippen LogP contribution >= 0.6 is 36.2 Å². The summed E-state index contributed by atoms with van der Waals surface area (Å²) in [6.45, 7) is 11.0. The highest BCUT2D eigenvalue weighted by molar-refractivity contribution is 8.00. The van der Waals surface area contributed by atoms with Crippen molar-refractivity contribution in [3.63, 3.8) is 0 Å². The molecule has 0 unspecified atom stereocenters. The molecule has 0 aliphatic rings. The molecular formula is C44H75N13O10S3. The molecule has 18 N–H and O–H groups in total. The number of unbranched alkanes of at least 4 members (excludes halogenated alkanes) is 1. The van der Waals surface area contributed by atoms with Gasteiger partial charge in [0.1, 0.15) is 36.3 Å². The van der Waals surface area contributed by atoms with Gasteiger partial charge in [-0.15, -0.1) is 0 Å². The molecule has 0 fully saturated rings. The fraction of sp³-hybridized carbons (Fsp3) is 0.636. The van der Waals surface area contributed by atoms with Crippen molar-refractivity contribution in [3.8, 4) is 0 Å². The van der Waals surface area contributed by atoms with E-state index in [4.69, 9.17) is 28.7 Å². The minimum Gasteiger partial charge on any atom is -0.481 e. The smallest absolute Gasteiger partial charge is 0.305 e. The molecule has 0 spiro atoms. The Bertz CT molecular complexity index is 1930. The molecule has 394 valence electrons. The van der Waals surface area contributed by atoms with E-state index in [-0.39, 0.29) is 53.8 Å². The number of amides is 8. The molecule has 7 atom stereocenters. The molecule has 70 heavy (non-hydrogen) atoms. The lowest BCUT2D eigenvalue weighted by Crippen LogP contribution is -2.60. The van der Waals surface area contributed by atoms with Gasteiger partial charge >= 0.3 is 5.97 Å². The lowest BCUT2D eigenvalue weighted by molar-refractivity contribution is -0.141. The Morgan fingerprint density at radius 3 is 1.64 bits per heavy atom. The number of carboxylic acid groups (broad SMARTS) is 1. The third-order valence-electron chi connectivity index (χ3n) is 9.73. The summed E-state index contributed by atoms with van der Waals surface area (Å²) in [5.74, 6) is -8.45. The van der Waals surface area contributed by atoms with Crippen LogP contribution in [0.2, 0.25) is 0 Å². The molecule has 1 aromatic rings. The first-order valence-corrected chi connectivity index (χ1v) is 25.3. The van der Waals surface area contributed by atoms with Crippen LogP contribution in [0.3, 0.4) is 0 Å². The fourth-order valence-corrected chi connectivity index (χ4v) is 8.07. The number of carbonyl (C=O) groups excluding carboxylic acids is 8. The highest BCUT2D eigenvalue weighted by Gasteiger charge is 2.34. The van der Waals surface area contributed by atoms with Gasteiger partial charge in [0.2, 0.25) is 47.3 Å². The van der Waals surface area contributed by atoms with Crippen molar-refractivity contribution in [1.82, 2.24) is 37.2 Å². The number of aliphatic carboxylic acids is 1. The number of thiol groups is 1. The van der Waals surface area contributed by atoms with E-state index in [1.165, 1.54) is 23.5 Å². The van der Waals surface area contributed by atoms with Gasteiger partial charge in [-0.1, -0.05) is 78.3 Å². The van der Waals surface area contributed by atoms with Crippen LogP contribution in [0.5, 0.6) is 0 Å². The molecule has 0 aliphatic carbocycles. The van der Waals surface area contributed by atoms with Crippen LogP contribution in [0.1, 0.15) is 85.6 Å². The maximum atomic E-state index is 14.0. The molecule has 26 heteroatoms. The molecule has 0 aliphatic heterocycles. The van der Waals surface area contributed by atoms with Crippen molar-refractivity contribution in [2.75, 3.05) is 36.9 Å². The number of hydrogen-bond donors (Lipinski definition) is 14. The van der Waals surface area contributed by atoms with E-state index in [2.05, 4.69) is 54.8 Å². The van der Waals surface area contributed by atoms with E-state index in [0.717, 1.165) is 0 Å². The molecule has 0 heterocycles. The number of aliphatic imine (C=N–C) groups is 1. The molecule has 8 amide bonds. The van der Waals surface area contributed by atoms with Gasteiger partial charge in [-0.05, 0) is 37.8 Å². The van der Waals surface area contributed by atoms with Crippen molar-refractivity contribution in [2.24, 2.45) is 33.7 Å². The van der Waals surface area contributed by atoms with Crippen molar-refractivity contribution in [2.45, 2.75) is 138 Å². The number of primary amides is 1. The number of thioether (sulfide) groups is 2. The standard InChI is InChI=1S/C44H75N13O10S3/c1-43(2,3)69-23-31(56-36(62)26(46)15-10-11-17-45)40(66)53-27(16-12-18-50-42(48)49)37(63)51-21-33(58)52-29(20-34(59)60)39(65)57-32(24-70-44(4,5)6)41(67)54-28(19-25-13-8-7-9-14-25)38(64)55-30(22-68)35(47)61/h7-9,13-14,26-32,68H,10-12,15-24,45-46H2,1-6H3,(H2,47,61)(H,51,63)(H,52,58)(H,53,66)(H,54,67)(H,55,64)(H,56,62)(H,57,65)(H,59,60)(H4,48,49,50)/t26-,27-,28-,29-,30-,31-,32-/m0/s1. The van der Waals surface area contributed by atoms with Gasteiger partial charge in [0.05, 0.1) is 19.0 Å². The molecule has 23 nitrogen and oxygen atoms in total. The van der Waals surface area contributed by atoms with Gasteiger partial charge < -0.3 is 71.0 Å². The SMILES string of the molecule is CC(C)(C)SC[C@H](NC(=O)[C@H](CC(=O)O)NC(=O)CNC(=O)[C@H](CCCN=C(N)N)NC(=O)[C@H](CSC(C)(C)C)NC(=O)[C@@H](N)CCCCN)C(=O)N[C@@H](Cc1ccccc1)C(=O)N[C@@H](CS)C(N)=O. The molecular weight excluding hydrogens is 967 g/mol. The summed E-state index contributed by atoms with van der Waals surface area (Å²) in [5.41, 5.74) is 28.6. The maximum Gasteiger partial charge on any atom is 0.305 e. The van der Waals surface area contributed by atoms with Crippen LogP contribution in [-0.4, -0.2) is 153 Å². The van der Waals surface area contributed by atoms with Crippen LogP contribution in [0.4, 0.5) is 0 Å². The number of rotatable bonds is 32. The Morgan fingerprint density at radius 2 is 1.14 bits per heavy atom. The lowest BCUT2D eigenvalue weighted by Gasteiger charge is -2.27. The Balaban J connectivity index is 3.36. The summed E-state index contributed by atoms with van der Waals surface area (Å²) in [5, 5.41) is 27.4. The van der Waals surface area contributed by atoms with Gasteiger partial charge in [0.25, 0.3) is 0 Å². The zero-order valence-corrected chi connectivity index (χ0v) is 43.4. The van der Waals surface area contributed by atoms with E-state index >= 15 is 0 Å². The van der Waals surface area contributed by atoms with E-state index in [0.29, 0.717) is 31.4 Å². The highest BCUT2D eigenvalue weighted by Crippen LogP contribution is 2.25. The quantitative estimate of drug-likeness (QED) is 0.0156. The van der Waals surface area contributed by atoms with Gasteiger partial charge in [-0.2, -0.15) is 36.2 Å². The number of nitrogens with one attached hydrogen (secondary N) is 7. The number of carbonyl (C=O) groups is 9. The minimum atomic E-state index is -1.77. The average molecular weight is 1040 g/mol. The number of carboxylic acids is 1. The van der Waals surface area contributed by atoms with Crippen LogP contribution in [0.25, 0.3) is 0 Å². The normalized spacial score (nSPS) is 14.4. The van der Waals surface area contributed by atoms with Crippen LogP contribution in [0.15, 0.2) is 35.3 Å². The van der Waals surface area contributed by atoms with Gasteiger partial charge in [0, 0.05) is 39.7 Å². The van der Waals surface area contributed by atoms with Crippen molar-refractivity contribution in [3.05, 3.63) is 35.9 Å². The summed E-state index contributed by atoms with van der Waals surface area (Å²) in [6, 6.07) is -0.316. The zero-order valence-electron chi connectivity index (χ0n) is 40.8. The van der Waals surface area contributed by atoms with Gasteiger partial charge in [-0.3, -0.25) is 48.1 Å². The lowest BCUT2D eigenvalue weighted by atomic mass is 10.0. The van der Waals surface area contributed by atoms with E-state index in [9.17, 15) is 48.3 Å². The summed E-state index contributed by atoms with van der Waals surface area (Å²) in [7, 11) is 0. The first kappa shape index (κ1) is 62.7. The topological polar surface area (TPSA) is 401 Å². The zero-order chi connectivity index (χ0) is 53.2. The van der Waals surface area contributed by atoms with E-state index in [1.807, 2.05) is 41.5 Å². The Hall–Kier alpha value is -5.31. The number of nitrogens with zero attached hydrogens (tertiary/aromatic N) is 1. The second-order valence-corrected chi connectivity index (χ2v) is 22.3. The Labute approximate surface area is 423 Å². The number of nitrogens with two attached hydrogens (primary N) is 5. The predicted molar refractivity (Wildman–Crippen MR) is 275 cm³/mol. The highest BCUT2D eigenvalue weighted by atomic mass is 32.2. The van der Waals surface area contributed by atoms with E-state index in [1.54, 1.807) is 30.3 Å². The van der Waals surface area contributed by atoms with Crippen LogP contribution < -0.4 is 65.9 Å². The third kappa shape index (κ3) is 27.2. The molecule has 0 aromatic heterocycles. The Kier molecular flexibility index (Phi) is 28.5. The first-order chi connectivity index (χ1) is 32.7. The number of guanidine groups is 1. The first-order valence-electron chi connectivity index (χ1n) is 22.7. The molecule has 1 rings (SSSR count). The molecule has 1 aromatic carbocycles. The predicted octanol–water partition coefficient (Wildman–Crippen LogP) is -2.28. The largest absolute Gasteiger partial charge is 0.481 e. The maximum absolute atomic E-state index is 14.0. The number of hydrogen-bond acceptors (Lipinski definition) is 15. The Morgan fingerprint density at radius 1 is 0.643 bits per heavy atom. The number of benzene rings is 1.